The molecule has 0 amide bonds. The summed E-state index contributed by atoms with van der Waals surface area (Å²) in [5.74, 6) is 0.909. The zero-order chi connectivity index (χ0) is 29.6. The highest BCUT2D eigenvalue weighted by Gasteiger charge is 2.33. The molecule has 0 radical (unpaired) electrons. The largest absolute Gasteiger partial charge is 0.490 e. The number of aromatic nitrogens is 1. The number of fused-ring (bicyclic) bond motifs is 1. The summed E-state index contributed by atoms with van der Waals surface area (Å²) in [6, 6.07) is 22.5. The lowest BCUT2D eigenvalue weighted by Crippen LogP contribution is -2.39. The number of rotatable bonds is 10. The number of hydrogen-bond acceptors (Lipinski definition) is 7. The van der Waals surface area contributed by atoms with E-state index in [1.807, 2.05) is 54.6 Å². The normalized spacial score (nSPS) is 14.6. The van der Waals surface area contributed by atoms with Gasteiger partial charge in [0, 0.05) is 0 Å². The van der Waals surface area contributed by atoms with E-state index in [0.717, 1.165) is 22.4 Å². The van der Waals surface area contributed by atoms with Gasteiger partial charge < -0.3 is 14.2 Å². The van der Waals surface area contributed by atoms with Crippen molar-refractivity contribution in [3.63, 3.8) is 0 Å². The molecule has 1 aliphatic rings. The summed E-state index contributed by atoms with van der Waals surface area (Å²) in [7, 11) is 0. The van der Waals surface area contributed by atoms with E-state index in [4.69, 9.17) is 14.2 Å². The molecule has 8 heteroatoms. The quantitative estimate of drug-likeness (QED) is 0.189. The number of ether oxygens (including phenoxy) is 3. The lowest BCUT2D eigenvalue weighted by molar-refractivity contribution is -0.139. The molecule has 2 heterocycles. The van der Waals surface area contributed by atoms with E-state index in [9.17, 15) is 9.59 Å². The molecule has 0 saturated carbocycles. The smallest absolute Gasteiger partial charge is 0.338 e. The maximum atomic E-state index is 13.8. The summed E-state index contributed by atoms with van der Waals surface area (Å²) in [6.07, 6.45) is 3.50. The number of carbonyl (C=O) groups is 1. The SMILES string of the molecule is C=CCOc1ccc([C@H]2C(C(=O)OCC)=C(C)N=c3s/c(=C\c4ccc(OCc5ccc(C)cc5)cc4)c(=O)n32)cc1. The molecule has 1 aliphatic heterocycles. The molecule has 4 aromatic rings. The first kappa shape index (κ1) is 28.8. The molecule has 214 valence electrons. The number of benzene rings is 3. The number of allylic oxidation sites excluding steroid dienone is 1. The van der Waals surface area contributed by atoms with E-state index in [1.165, 1.54) is 16.9 Å². The molecule has 7 nitrogen and oxygen atoms in total. The van der Waals surface area contributed by atoms with Gasteiger partial charge in [0.05, 0.1) is 28.5 Å². The highest BCUT2D eigenvalue weighted by molar-refractivity contribution is 7.07. The van der Waals surface area contributed by atoms with Crippen LogP contribution in [0.1, 0.15) is 42.1 Å². The standard InChI is InChI=1S/C34H32N2O5S/c1-5-19-40-27-17-13-26(14-18-27)31-30(33(38)39-6-2)23(4)35-34-36(31)32(37)29(42-34)20-24-11-15-28(16-12-24)41-21-25-9-7-22(3)8-10-25/h5,7-18,20,31H,1,6,19,21H2,2-4H3/b29-20-/t31-/m0/s1. The van der Waals surface area contributed by atoms with Gasteiger partial charge in [-0.1, -0.05) is 78.1 Å². The van der Waals surface area contributed by atoms with E-state index in [2.05, 4.69) is 42.8 Å². The van der Waals surface area contributed by atoms with E-state index >= 15 is 0 Å². The van der Waals surface area contributed by atoms with Crippen LogP contribution in [-0.2, 0) is 16.1 Å². The summed E-state index contributed by atoms with van der Waals surface area (Å²) >= 11 is 1.29. The van der Waals surface area contributed by atoms with Crippen LogP contribution in [0.2, 0.25) is 0 Å². The maximum absolute atomic E-state index is 13.8. The summed E-state index contributed by atoms with van der Waals surface area (Å²) in [4.78, 5) is 32.1. The Morgan fingerprint density at radius 2 is 1.64 bits per heavy atom. The molecule has 0 fully saturated rings. The van der Waals surface area contributed by atoms with Crippen LogP contribution in [0.5, 0.6) is 11.5 Å². The lowest BCUT2D eigenvalue weighted by atomic mass is 9.96. The van der Waals surface area contributed by atoms with Gasteiger partial charge in [-0.05, 0) is 67.8 Å². The highest BCUT2D eigenvalue weighted by atomic mass is 32.1. The highest BCUT2D eigenvalue weighted by Crippen LogP contribution is 2.31. The Labute approximate surface area is 248 Å². The number of aryl methyl sites for hydroxylation is 1. The number of thiazole rings is 1. The van der Waals surface area contributed by atoms with Gasteiger partial charge in [0.15, 0.2) is 4.80 Å². The molecular formula is C34H32N2O5S. The average Bonchev–Trinajstić information content (AvgIpc) is 3.30. The summed E-state index contributed by atoms with van der Waals surface area (Å²) in [5, 5.41) is 0. The summed E-state index contributed by atoms with van der Waals surface area (Å²) in [5.41, 5.74) is 4.53. The van der Waals surface area contributed by atoms with Crippen molar-refractivity contribution in [1.82, 2.24) is 4.57 Å². The zero-order valence-corrected chi connectivity index (χ0v) is 24.6. The van der Waals surface area contributed by atoms with Crippen LogP contribution in [0.3, 0.4) is 0 Å². The second kappa shape index (κ2) is 12.9. The number of nitrogens with zero attached hydrogens (tertiary/aromatic N) is 2. The Morgan fingerprint density at radius 1 is 0.976 bits per heavy atom. The first-order valence-corrected chi connectivity index (χ1v) is 14.5. The van der Waals surface area contributed by atoms with Gasteiger partial charge in [-0.25, -0.2) is 9.79 Å². The Kier molecular flexibility index (Phi) is 8.83. The third-order valence-corrected chi connectivity index (χ3v) is 7.77. The van der Waals surface area contributed by atoms with Gasteiger partial charge in [-0.15, -0.1) is 0 Å². The average molecular weight is 581 g/mol. The van der Waals surface area contributed by atoms with E-state index < -0.39 is 12.0 Å². The molecule has 5 rings (SSSR count). The third-order valence-electron chi connectivity index (χ3n) is 6.78. The fourth-order valence-electron chi connectivity index (χ4n) is 4.67. The van der Waals surface area contributed by atoms with Crippen LogP contribution in [-0.4, -0.2) is 23.8 Å². The minimum Gasteiger partial charge on any atom is -0.490 e. The minimum absolute atomic E-state index is 0.214. The second-order valence-corrected chi connectivity index (χ2v) is 10.8. The molecule has 1 aromatic heterocycles. The van der Waals surface area contributed by atoms with Crippen molar-refractivity contribution >= 4 is 23.4 Å². The monoisotopic (exact) mass is 580 g/mol. The first-order chi connectivity index (χ1) is 20.4. The molecule has 0 unspecified atom stereocenters. The first-order valence-electron chi connectivity index (χ1n) is 13.7. The number of esters is 1. The van der Waals surface area contributed by atoms with Crippen molar-refractivity contribution in [2.75, 3.05) is 13.2 Å². The molecule has 42 heavy (non-hydrogen) atoms. The molecule has 0 bridgehead atoms. The van der Waals surface area contributed by atoms with Crippen LogP contribution in [0.15, 0.2) is 107 Å². The Hall–Kier alpha value is -4.69. The van der Waals surface area contributed by atoms with Crippen LogP contribution < -0.4 is 24.4 Å². The van der Waals surface area contributed by atoms with Crippen molar-refractivity contribution in [3.8, 4) is 11.5 Å². The molecule has 3 aromatic carbocycles. The third kappa shape index (κ3) is 6.29. The molecule has 1 atom stereocenters. The van der Waals surface area contributed by atoms with E-state index in [-0.39, 0.29) is 12.2 Å². The fraction of sp³-hybridized carbons (Fsp3) is 0.206. The van der Waals surface area contributed by atoms with Gasteiger partial charge in [-0.3, -0.25) is 9.36 Å². The Morgan fingerprint density at radius 3 is 2.31 bits per heavy atom. The maximum Gasteiger partial charge on any atom is 0.338 e. The minimum atomic E-state index is -0.687. The Balaban J connectivity index is 1.47. The predicted molar refractivity (Wildman–Crippen MR) is 164 cm³/mol. The predicted octanol–water partition coefficient (Wildman–Crippen LogP) is 5.25. The molecule has 0 N–H and O–H groups in total. The fourth-order valence-corrected chi connectivity index (χ4v) is 5.72. The van der Waals surface area contributed by atoms with Gasteiger partial charge in [0.25, 0.3) is 5.56 Å². The number of carbonyl (C=O) groups excluding carboxylic acids is 1. The number of hydrogen-bond donors (Lipinski definition) is 0. The topological polar surface area (TPSA) is 79.1 Å². The van der Waals surface area contributed by atoms with Crippen LogP contribution in [0.25, 0.3) is 6.08 Å². The van der Waals surface area contributed by atoms with Gasteiger partial charge >= 0.3 is 5.97 Å². The zero-order valence-electron chi connectivity index (χ0n) is 23.8. The van der Waals surface area contributed by atoms with Crippen molar-refractivity contribution in [2.24, 2.45) is 4.99 Å². The molecule has 0 saturated heterocycles. The summed E-state index contributed by atoms with van der Waals surface area (Å²) < 4.78 is 19.0. The second-order valence-electron chi connectivity index (χ2n) is 9.81. The molecule has 0 aliphatic carbocycles. The van der Waals surface area contributed by atoms with Crippen LogP contribution >= 0.6 is 11.3 Å². The van der Waals surface area contributed by atoms with Crippen LogP contribution in [0.4, 0.5) is 0 Å². The van der Waals surface area contributed by atoms with E-state index in [0.29, 0.717) is 39.6 Å². The van der Waals surface area contributed by atoms with Gasteiger partial charge in [0.1, 0.15) is 24.7 Å². The summed E-state index contributed by atoms with van der Waals surface area (Å²) in [6.45, 7) is 10.3. The molecular weight excluding hydrogens is 548 g/mol. The lowest BCUT2D eigenvalue weighted by Gasteiger charge is -2.24. The van der Waals surface area contributed by atoms with Crippen molar-refractivity contribution in [1.29, 1.82) is 0 Å². The van der Waals surface area contributed by atoms with Gasteiger partial charge in [-0.2, -0.15) is 0 Å². The van der Waals surface area contributed by atoms with Gasteiger partial charge in [0.2, 0.25) is 0 Å². The Bertz CT molecular complexity index is 1800. The van der Waals surface area contributed by atoms with Crippen molar-refractivity contribution in [2.45, 2.75) is 33.4 Å². The molecule has 0 spiro atoms. The van der Waals surface area contributed by atoms with Crippen molar-refractivity contribution < 1.29 is 19.0 Å². The van der Waals surface area contributed by atoms with Crippen LogP contribution in [0, 0.1) is 6.92 Å². The van der Waals surface area contributed by atoms with Crippen molar-refractivity contribution in [3.05, 3.63) is 139 Å². The van der Waals surface area contributed by atoms with E-state index in [1.54, 1.807) is 24.5 Å².